The molecule has 32 heavy (non-hydrogen) atoms. The number of aromatic nitrogens is 1. The van der Waals surface area contributed by atoms with Gasteiger partial charge in [-0.1, -0.05) is 18.2 Å². The zero-order valence-corrected chi connectivity index (χ0v) is 19.1. The summed E-state index contributed by atoms with van der Waals surface area (Å²) >= 11 is 0. The summed E-state index contributed by atoms with van der Waals surface area (Å²) in [4.78, 5) is 33.6. The molecule has 170 valence electrons. The van der Waals surface area contributed by atoms with Gasteiger partial charge in [0.05, 0.1) is 23.7 Å². The molecule has 0 bridgehead atoms. The van der Waals surface area contributed by atoms with E-state index in [1.165, 1.54) is 5.57 Å². The van der Waals surface area contributed by atoms with Gasteiger partial charge in [-0.2, -0.15) is 0 Å². The normalized spacial score (nSPS) is 22.5. The van der Waals surface area contributed by atoms with Gasteiger partial charge in [-0.3, -0.25) is 19.5 Å². The second kappa shape index (κ2) is 8.56. The highest BCUT2D eigenvalue weighted by molar-refractivity contribution is 7.91. The molecule has 7 nitrogen and oxygen atoms in total. The molecule has 0 radical (unpaired) electrons. The molecule has 0 unspecified atom stereocenters. The molecule has 8 heteroatoms. The molecule has 5 rings (SSSR count). The molecule has 3 heterocycles. The molecule has 0 N–H and O–H groups in total. The third kappa shape index (κ3) is 4.71. The van der Waals surface area contributed by atoms with E-state index in [1.54, 1.807) is 0 Å². The second-order valence-electron chi connectivity index (χ2n) is 9.29. The SMILES string of the molecule is O=C(Cc1cc(C2=CCN(C(=O)CN3CCS(=O)(=O)CC3)CC2)c2c(n1)CC=C2)C1CC1. The summed E-state index contributed by atoms with van der Waals surface area (Å²) in [7, 11) is -2.94. The number of ketones is 1. The average molecular weight is 456 g/mol. The first-order valence-corrected chi connectivity index (χ1v) is 13.3. The molecule has 1 saturated carbocycles. The molecule has 0 spiro atoms. The van der Waals surface area contributed by atoms with Crippen molar-refractivity contribution < 1.29 is 18.0 Å². The van der Waals surface area contributed by atoms with E-state index in [1.807, 2.05) is 9.80 Å². The predicted molar refractivity (Wildman–Crippen MR) is 123 cm³/mol. The molecule has 0 atom stereocenters. The monoisotopic (exact) mass is 455 g/mol. The van der Waals surface area contributed by atoms with E-state index in [-0.39, 0.29) is 29.9 Å². The standard InChI is InChI=1S/C24H29N3O4S/c28-23(18-4-5-18)15-19-14-21(20-2-1-3-22(20)25-19)17-6-8-27(9-7-17)24(29)16-26-10-12-32(30,31)13-11-26/h1-2,6,14,18H,3-5,7-13,15-16H2. The zero-order valence-electron chi connectivity index (χ0n) is 18.3. The molecular formula is C24H29N3O4S. The van der Waals surface area contributed by atoms with E-state index in [0.717, 1.165) is 48.2 Å². The minimum atomic E-state index is -2.94. The van der Waals surface area contributed by atoms with Crippen molar-refractivity contribution in [1.82, 2.24) is 14.8 Å². The van der Waals surface area contributed by atoms with Gasteiger partial charge in [-0.15, -0.1) is 0 Å². The van der Waals surface area contributed by atoms with Crippen LogP contribution in [0, 0.1) is 5.92 Å². The van der Waals surface area contributed by atoms with Crippen molar-refractivity contribution in [3.8, 4) is 0 Å². The van der Waals surface area contributed by atoms with Crippen LogP contribution in [-0.2, 0) is 32.3 Å². The number of rotatable bonds is 6. The average Bonchev–Trinajstić information content (AvgIpc) is 3.53. The number of fused-ring (bicyclic) bond motifs is 1. The van der Waals surface area contributed by atoms with E-state index in [4.69, 9.17) is 4.98 Å². The minimum Gasteiger partial charge on any atom is -0.338 e. The fraction of sp³-hybridized carbons (Fsp3) is 0.542. The Kier molecular flexibility index (Phi) is 5.75. The number of pyridine rings is 1. The summed E-state index contributed by atoms with van der Waals surface area (Å²) in [6.45, 7) is 2.34. The summed E-state index contributed by atoms with van der Waals surface area (Å²) in [6.07, 6.45) is 10.4. The third-order valence-electron chi connectivity index (χ3n) is 6.88. The first-order chi connectivity index (χ1) is 15.4. The van der Waals surface area contributed by atoms with Crippen LogP contribution in [0.15, 0.2) is 18.2 Å². The van der Waals surface area contributed by atoms with Gasteiger partial charge in [0.2, 0.25) is 5.91 Å². The topological polar surface area (TPSA) is 87.7 Å². The van der Waals surface area contributed by atoms with Crippen LogP contribution in [0.1, 0.15) is 41.8 Å². The lowest BCUT2D eigenvalue weighted by molar-refractivity contribution is -0.132. The summed E-state index contributed by atoms with van der Waals surface area (Å²) in [5.74, 6) is 0.859. The molecule has 2 fully saturated rings. The summed E-state index contributed by atoms with van der Waals surface area (Å²) in [5.41, 5.74) is 5.41. The van der Waals surface area contributed by atoms with Crippen LogP contribution in [-0.4, -0.2) is 79.1 Å². The Morgan fingerprint density at radius 3 is 2.59 bits per heavy atom. The van der Waals surface area contributed by atoms with E-state index < -0.39 is 9.84 Å². The summed E-state index contributed by atoms with van der Waals surface area (Å²) in [5, 5.41) is 0. The largest absolute Gasteiger partial charge is 0.338 e. The van der Waals surface area contributed by atoms with Crippen LogP contribution in [0.2, 0.25) is 0 Å². The zero-order chi connectivity index (χ0) is 22.3. The van der Waals surface area contributed by atoms with E-state index in [9.17, 15) is 18.0 Å². The van der Waals surface area contributed by atoms with Crippen molar-refractivity contribution in [1.29, 1.82) is 0 Å². The number of hydrogen-bond acceptors (Lipinski definition) is 6. The number of allylic oxidation sites excluding steroid dienone is 1. The van der Waals surface area contributed by atoms with E-state index in [2.05, 4.69) is 24.3 Å². The number of Topliss-reactive ketones (excluding diaryl/α,β-unsaturated/α-hetero) is 1. The predicted octanol–water partition coefficient (Wildman–Crippen LogP) is 1.52. The van der Waals surface area contributed by atoms with Crippen molar-refractivity contribution in [3.63, 3.8) is 0 Å². The van der Waals surface area contributed by atoms with E-state index in [0.29, 0.717) is 38.4 Å². The molecule has 1 saturated heterocycles. The van der Waals surface area contributed by atoms with Gasteiger partial charge in [0.25, 0.3) is 0 Å². The maximum atomic E-state index is 12.8. The maximum absolute atomic E-state index is 12.8. The molecule has 1 amide bonds. The Balaban J connectivity index is 1.26. The van der Waals surface area contributed by atoms with Gasteiger partial charge in [0, 0.05) is 56.2 Å². The fourth-order valence-electron chi connectivity index (χ4n) is 4.72. The van der Waals surface area contributed by atoms with Crippen molar-refractivity contribution in [2.45, 2.75) is 32.1 Å². The van der Waals surface area contributed by atoms with Gasteiger partial charge in [0.15, 0.2) is 9.84 Å². The van der Waals surface area contributed by atoms with Crippen molar-refractivity contribution in [2.24, 2.45) is 5.92 Å². The van der Waals surface area contributed by atoms with Crippen molar-refractivity contribution in [2.75, 3.05) is 44.2 Å². The molecular weight excluding hydrogens is 426 g/mol. The van der Waals surface area contributed by atoms with E-state index >= 15 is 0 Å². The van der Waals surface area contributed by atoms with Crippen LogP contribution in [0.25, 0.3) is 11.6 Å². The molecule has 4 aliphatic rings. The van der Waals surface area contributed by atoms with Crippen molar-refractivity contribution in [3.05, 3.63) is 40.7 Å². The fourth-order valence-corrected chi connectivity index (χ4v) is 6.00. The van der Waals surface area contributed by atoms with Gasteiger partial charge >= 0.3 is 0 Å². The Morgan fingerprint density at radius 2 is 1.91 bits per heavy atom. The Bertz CT molecular complexity index is 1100. The summed E-state index contributed by atoms with van der Waals surface area (Å²) < 4.78 is 23.2. The lowest BCUT2D eigenvalue weighted by Gasteiger charge is -2.31. The van der Waals surface area contributed by atoms with Crippen LogP contribution in [0.5, 0.6) is 0 Å². The number of carbonyl (C=O) groups excluding carboxylic acids is 2. The first kappa shape index (κ1) is 21.5. The van der Waals surface area contributed by atoms with Crippen LogP contribution < -0.4 is 0 Å². The maximum Gasteiger partial charge on any atom is 0.237 e. The summed E-state index contributed by atoms with van der Waals surface area (Å²) in [6, 6.07) is 2.08. The van der Waals surface area contributed by atoms with Crippen LogP contribution >= 0.6 is 0 Å². The third-order valence-corrected chi connectivity index (χ3v) is 8.49. The Hall–Kier alpha value is -2.32. The van der Waals surface area contributed by atoms with Gasteiger partial charge in [-0.05, 0) is 36.5 Å². The van der Waals surface area contributed by atoms with Gasteiger partial charge in [0.1, 0.15) is 5.78 Å². The highest BCUT2D eigenvalue weighted by atomic mass is 32.2. The van der Waals surface area contributed by atoms with Crippen LogP contribution in [0.3, 0.4) is 0 Å². The number of sulfone groups is 1. The highest BCUT2D eigenvalue weighted by Crippen LogP contribution is 2.34. The Morgan fingerprint density at radius 1 is 1.12 bits per heavy atom. The number of amides is 1. The van der Waals surface area contributed by atoms with Gasteiger partial charge < -0.3 is 4.90 Å². The second-order valence-corrected chi connectivity index (χ2v) is 11.6. The van der Waals surface area contributed by atoms with Crippen molar-refractivity contribution >= 4 is 33.2 Å². The lowest BCUT2D eigenvalue weighted by atomic mass is 9.93. The first-order valence-electron chi connectivity index (χ1n) is 11.5. The smallest absolute Gasteiger partial charge is 0.237 e. The molecule has 1 aromatic rings. The highest BCUT2D eigenvalue weighted by Gasteiger charge is 2.30. The molecule has 1 aromatic heterocycles. The number of nitrogens with zero attached hydrogens (tertiary/aromatic N) is 3. The number of hydrogen-bond donors (Lipinski definition) is 0. The quantitative estimate of drug-likeness (QED) is 0.646. The Labute approximate surface area is 189 Å². The number of carbonyl (C=O) groups is 2. The molecule has 0 aromatic carbocycles. The van der Waals surface area contributed by atoms with Gasteiger partial charge in [-0.25, -0.2) is 8.42 Å². The van der Waals surface area contributed by atoms with Crippen LogP contribution in [0.4, 0.5) is 0 Å². The lowest BCUT2D eigenvalue weighted by Crippen LogP contribution is -2.47. The molecule has 2 aliphatic heterocycles. The molecule has 2 aliphatic carbocycles. The minimum absolute atomic E-state index is 0.0511.